The van der Waals surface area contributed by atoms with Crippen molar-refractivity contribution in [2.24, 2.45) is 5.41 Å². The number of amides is 1. The van der Waals surface area contributed by atoms with Gasteiger partial charge in [0.1, 0.15) is 0 Å². The quantitative estimate of drug-likeness (QED) is 0.817. The molecule has 3 heteroatoms. The molecule has 98 valence electrons. The molecule has 0 radical (unpaired) electrons. The highest BCUT2D eigenvalue weighted by Crippen LogP contribution is 2.36. The van der Waals surface area contributed by atoms with Crippen LogP contribution in [0.15, 0.2) is 0 Å². The Morgan fingerprint density at radius 2 is 1.88 bits per heavy atom. The van der Waals surface area contributed by atoms with Crippen molar-refractivity contribution < 1.29 is 4.79 Å². The Hall–Kier alpha value is -0.570. The predicted molar refractivity (Wildman–Crippen MR) is 69.9 cm³/mol. The number of nitrogens with one attached hydrogen (secondary N) is 1. The lowest BCUT2D eigenvalue weighted by Crippen LogP contribution is -2.50. The molecule has 0 aromatic heterocycles. The Morgan fingerprint density at radius 3 is 2.41 bits per heavy atom. The molecule has 0 aromatic carbocycles. The Bertz CT molecular complexity index is 265. The van der Waals surface area contributed by atoms with Crippen LogP contribution in [-0.2, 0) is 4.79 Å². The van der Waals surface area contributed by atoms with Gasteiger partial charge in [0.05, 0.1) is 5.41 Å². The maximum atomic E-state index is 12.7. The molecule has 1 amide bonds. The monoisotopic (exact) mass is 238 g/mol. The number of rotatable bonds is 3. The molecular formula is C14H26N2O. The van der Waals surface area contributed by atoms with Gasteiger partial charge in [0.15, 0.2) is 0 Å². The van der Waals surface area contributed by atoms with E-state index in [0.717, 1.165) is 32.4 Å². The lowest BCUT2D eigenvalue weighted by molar-refractivity contribution is -0.144. The molecule has 2 fully saturated rings. The summed E-state index contributed by atoms with van der Waals surface area (Å²) in [6.45, 7) is 4.17. The van der Waals surface area contributed by atoms with E-state index in [1.165, 1.54) is 25.7 Å². The minimum absolute atomic E-state index is 0.0669. The third kappa shape index (κ3) is 2.49. The lowest BCUT2D eigenvalue weighted by Gasteiger charge is -2.40. The van der Waals surface area contributed by atoms with Gasteiger partial charge in [0.25, 0.3) is 0 Å². The molecule has 1 N–H and O–H groups in total. The van der Waals surface area contributed by atoms with Gasteiger partial charge < -0.3 is 10.2 Å². The van der Waals surface area contributed by atoms with Crippen LogP contribution >= 0.6 is 0 Å². The minimum Gasteiger partial charge on any atom is -0.342 e. The lowest BCUT2D eigenvalue weighted by atomic mass is 9.75. The summed E-state index contributed by atoms with van der Waals surface area (Å²) in [5.41, 5.74) is -0.0669. The molecule has 0 bridgehead atoms. The summed E-state index contributed by atoms with van der Waals surface area (Å²) < 4.78 is 0. The first kappa shape index (κ1) is 12.9. The first-order valence-corrected chi connectivity index (χ1v) is 7.17. The van der Waals surface area contributed by atoms with E-state index in [1.807, 2.05) is 7.05 Å². The van der Waals surface area contributed by atoms with Crippen LogP contribution in [0.1, 0.15) is 51.9 Å². The summed E-state index contributed by atoms with van der Waals surface area (Å²) in [5, 5.41) is 3.37. The van der Waals surface area contributed by atoms with E-state index in [0.29, 0.717) is 11.9 Å². The van der Waals surface area contributed by atoms with Gasteiger partial charge in [0, 0.05) is 13.1 Å². The average Bonchev–Trinajstić information content (AvgIpc) is 2.91. The SMILES string of the molecule is CCC1(C(=O)N(C)C2CCCC2)CCNCC1. The normalized spacial score (nSPS) is 24.8. The fraction of sp³-hybridized carbons (Fsp3) is 0.929. The molecular weight excluding hydrogens is 212 g/mol. The molecule has 1 aliphatic carbocycles. The van der Waals surface area contributed by atoms with E-state index in [4.69, 9.17) is 0 Å². The number of carbonyl (C=O) groups excluding carboxylic acids is 1. The summed E-state index contributed by atoms with van der Waals surface area (Å²) in [5.74, 6) is 0.411. The second-order valence-corrected chi connectivity index (χ2v) is 5.74. The van der Waals surface area contributed by atoms with Crippen LogP contribution in [0.25, 0.3) is 0 Å². The zero-order valence-electron chi connectivity index (χ0n) is 11.3. The third-order valence-corrected chi connectivity index (χ3v) is 4.88. The Labute approximate surface area is 105 Å². The van der Waals surface area contributed by atoms with E-state index in [-0.39, 0.29) is 5.41 Å². The number of hydrogen-bond acceptors (Lipinski definition) is 2. The number of piperidine rings is 1. The van der Waals surface area contributed by atoms with E-state index < -0.39 is 0 Å². The van der Waals surface area contributed by atoms with Crippen molar-refractivity contribution in [3.63, 3.8) is 0 Å². The molecule has 1 aliphatic heterocycles. The molecule has 2 rings (SSSR count). The molecule has 0 atom stereocenters. The summed E-state index contributed by atoms with van der Waals surface area (Å²) in [6.07, 6.45) is 8.02. The van der Waals surface area contributed by atoms with Gasteiger partial charge in [-0.25, -0.2) is 0 Å². The molecule has 0 spiro atoms. The molecule has 1 heterocycles. The fourth-order valence-corrected chi connectivity index (χ4v) is 3.46. The van der Waals surface area contributed by atoms with Crippen LogP contribution in [0.3, 0.4) is 0 Å². The zero-order chi connectivity index (χ0) is 12.3. The van der Waals surface area contributed by atoms with Crippen molar-refractivity contribution in [2.75, 3.05) is 20.1 Å². The maximum Gasteiger partial charge on any atom is 0.228 e. The molecule has 3 nitrogen and oxygen atoms in total. The third-order valence-electron chi connectivity index (χ3n) is 4.88. The van der Waals surface area contributed by atoms with E-state index in [9.17, 15) is 4.79 Å². The highest BCUT2D eigenvalue weighted by Gasteiger charge is 2.41. The fourth-order valence-electron chi connectivity index (χ4n) is 3.46. The number of carbonyl (C=O) groups is 1. The van der Waals surface area contributed by atoms with Crippen molar-refractivity contribution in [1.82, 2.24) is 10.2 Å². The number of hydrogen-bond donors (Lipinski definition) is 1. The highest BCUT2D eigenvalue weighted by molar-refractivity contribution is 5.83. The van der Waals surface area contributed by atoms with Gasteiger partial charge in [-0.15, -0.1) is 0 Å². The molecule has 1 saturated carbocycles. The van der Waals surface area contributed by atoms with Crippen LogP contribution in [0.5, 0.6) is 0 Å². The topological polar surface area (TPSA) is 32.3 Å². The van der Waals surface area contributed by atoms with Crippen molar-refractivity contribution >= 4 is 5.91 Å². The first-order valence-electron chi connectivity index (χ1n) is 7.17. The molecule has 0 unspecified atom stereocenters. The van der Waals surface area contributed by atoms with Crippen molar-refractivity contribution in [2.45, 2.75) is 57.9 Å². The highest BCUT2D eigenvalue weighted by atomic mass is 16.2. The smallest absolute Gasteiger partial charge is 0.228 e. The van der Waals surface area contributed by atoms with Gasteiger partial charge in [-0.2, -0.15) is 0 Å². The molecule has 1 saturated heterocycles. The first-order chi connectivity index (χ1) is 8.19. The van der Waals surface area contributed by atoms with Gasteiger partial charge in [-0.1, -0.05) is 19.8 Å². The Kier molecular flexibility index (Phi) is 4.08. The van der Waals surface area contributed by atoms with Gasteiger partial charge in [-0.05, 0) is 45.2 Å². The largest absolute Gasteiger partial charge is 0.342 e. The minimum atomic E-state index is -0.0669. The summed E-state index contributed by atoms with van der Waals surface area (Å²) in [7, 11) is 2.03. The van der Waals surface area contributed by atoms with Crippen molar-refractivity contribution in [3.05, 3.63) is 0 Å². The number of nitrogens with zero attached hydrogens (tertiary/aromatic N) is 1. The molecule has 17 heavy (non-hydrogen) atoms. The zero-order valence-corrected chi connectivity index (χ0v) is 11.3. The Morgan fingerprint density at radius 1 is 1.29 bits per heavy atom. The maximum absolute atomic E-state index is 12.7. The van der Waals surface area contributed by atoms with Crippen LogP contribution in [-0.4, -0.2) is 37.0 Å². The second-order valence-electron chi connectivity index (χ2n) is 5.74. The Balaban J connectivity index is 2.04. The predicted octanol–water partition coefficient (Wildman–Crippen LogP) is 2.17. The van der Waals surface area contributed by atoms with Crippen LogP contribution in [0, 0.1) is 5.41 Å². The summed E-state index contributed by atoms with van der Waals surface area (Å²) >= 11 is 0. The van der Waals surface area contributed by atoms with E-state index >= 15 is 0 Å². The van der Waals surface area contributed by atoms with Gasteiger partial charge in [0.2, 0.25) is 5.91 Å². The summed E-state index contributed by atoms with van der Waals surface area (Å²) in [4.78, 5) is 14.8. The van der Waals surface area contributed by atoms with Crippen molar-refractivity contribution in [3.8, 4) is 0 Å². The second kappa shape index (κ2) is 5.38. The van der Waals surface area contributed by atoms with E-state index in [2.05, 4.69) is 17.1 Å². The van der Waals surface area contributed by atoms with Crippen LogP contribution in [0.2, 0.25) is 0 Å². The van der Waals surface area contributed by atoms with E-state index in [1.54, 1.807) is 0 Å². The van der Waals surface area contributed by atoms with Gasteiger partial charge >= 0.3 is 0 Å². The average molecular weight is 238 g/mol. The van der Waals surface area contributed by atoms with Crippen molar-refractivity contribution in [1.29, 1.82) is 0 Å². The van der Waals surface area contributed by atoms with Crippen LogP contribution in [0.4, 0.5) is 0 Å². The summed E-state index contributed by atoms with van der Waals surface area (Å²) in [6, 6.07) is 0.515. The standard InChI is InChI=1S/C14H26N2O/c1-3-14(8-10-15-11-9-14)13(17)16(2)12-6-4-5-7-12/h12,15H,3-11H2,1-2H3. The van der Waals surface area contributed by atoms with Crippen LogP contribution < -0.4 is 5.32 Å². The molecule has 2 aliphatic rings. The molecule has 0 aromatic rings. The van der Waals surface area contributed by atoms with Gasteiger partial charge in [-0.3, -0.25) is 4.79 Å².